The number of ether oxygens (including phenoxy) is 2. The Balaban J connectivity index is 2.04. The molecule has 8 heteroatoms. The van der Waals surface area contributed by atoms with Crippen LogP contribution in [0.25, 0.3) is 17.5 Å². The smallest absolute Gasteiger partial charge is 0.338 e. The molecule has 0 saturated carbocycles. The molecule has 1 unspecified atom stereocenters. The van der Waals surface area contributed by atoms with Gasteiger partial charge < -0.3 is 15.2 Å². The van der Waals surface area contributed by atoms with Gasteiger partial charge in [-0.2, -0.15) is 0 Å². The average Bonchev–Trinajstić information content (AvgIpc) is 3.24. The van der Waals surface area contributed by atoms with Crippen LogP contribution < -0.4 is 20.5 Å². The number of rotatable bonds is 7. The SMILES string of the molecule is CCOC(=O)C1=c2s/c(=C\c3ccc(C(C)C)cc3)c(=O)n2C(N)=C(C(=O)OC)C1c1ccc(C(C)C)cc1. The molecule has 1 aliphatic rings. The van der Waals surface area contributed by atoms with Gasteiger partial charge in [-0.25, -0.2) is 9.59 Å². The number of hydrogen-bond acceptors (Lipinski definition) is 7. The van der Waals surface area contributed by atoms with Gasteiger partial charge in [-0.05, 0) is 47.1 Å². The number of esters is 2. The Bertz CT molecular complexity index is 1610. The van der Waals surface area contributed by atoms with Gasteiger partial charge in [0.2, 0.25) is 0 Å². The maximum atomic E-state index is 13.7. The predicted octanol–water partition coefficient (Wildman–Crippen LogP) is 3.80. The fourth-order valence-electron chi connectivity index (χ4n) is 4.70. The van der Waals surface area contributed by atoms with Crippen LogP contribution in [0.4, 0.5) is 0 Å². The molecule has 0 radical (unpaired) electrons. The Morgan fingerprint density at radius 2 is 1.51 bits per heavy atom. The van der Waals surface area contributed by atoms with Crippen LogP contribution in [0.1, 0.15) is 74.6 Å². The molecule has 39 heavy (non-hydrogen) atoms. The summed E-state index contributed by atoms with van der Waals surface area (Å²) in [7, 11) is 1.25. The van der Waals surface area contributed by atoms with Crippen molar-refractivity contribution in [2.24, 2.45) is 5.73 Å². The Morgan fingerprint density at radius 3 is 2.03 bits per heavy atom. The van der Waals surface area contributed by atoms with Gasteiger partial charge in [0.05, 0.1) is 35.3 Å². The van der Waals surface area contributed by atoms with Crippen LogP contribution in [-0.4, -0.2) is 30.2 Å². The van der Waals surface area contributed by atoms with Crippen LogP contribution in [0.2, 0.25) is 0 Å². The minimum atomic E-state index is -0.867. The third-order valence-electron chi connectivity index (χ3n) is 6.89. The number of nitrogens with two attached hydrogens (primary N) is 1. The topological polar surface area (TPSA) is 101 Å². The second-order valence-corrected chi connectivity index (χ2v) is 11.1. The van der Waals surface area contributed by atoms with Crippen LogP contribution in [-0.2, 0) is 19.1 Å². The van der Waals surface area contributed by atoms with E-state index >= 15 is 0 Å². The molecule has 204 valence electrons. The first-order chi connectivity index (χ1) is 18.6. The second kappa shape index (κ2) is 11.5. The molecule has 0 spiro atoms. The number of carbonyl (C=O) groups is 2. The van der Waals surface area contributed by atoms with Crippen molar-refractivity contribution < 1.29 is 19.1 Å². The zero-order chi connectivity index (χ0) is 28.4. The minimum Gasteiger partial charge on any atom is -0.466 e. The van der Waals surface area contributed by atoms with Crippen LogP contribution in [0.3, 0.4) is 0 Å². The van der Waals surface area contributed by atoms with E-state index in [-0.39, 0.29) is 23.6 Å². The standard InChI is InChI=1S/C31H34N2O5S/c1-7-38-31(36)26-24(22-14-12-21(13-15-22)18(4)5)25(30(35)37-6)27(32)33-28(34)23(39-29(26)33)16-19-8-10-20(11-9-19)17(2)3/h8-18,24H,7,32H2,1-6H3/b23-16-. The molecular weight excluding hydrogens is 512 g/mol. The first-order valence-corrected chi connectivity index (χ1v) is 13.8. The van der Waals surface area contributed by atoms with Crippen molar-refractivity contribution in [1.82, 2.24) is 4.57 Å². The highest BCUT2D eigenvalue weighted by atomic mass is 32.1. The molecule has 1 aliphatic heterocycles. The maximum absolute atomic E-state index is 13.7. The lowest BCUT2D eigenvalue weighted by molar-refractivity contribution is -0.136. The highest BCUT2D eigenvalue weighted by Crippen LogP contribution is 2.38. The van der Waals surface area contributed by atoms with Crippen molar-refractivity contribution in [3.05, 3.63) is 95.9 Å². The molecule has 1 atom stereocenters. The third-order valence-corrected chi connectivity index (χ3v) is 7.99. The highest BCUT2D eigenvalue weighted by molar-refractivity contribution is 7.07. The number of benzene rings is 2. The van der Waals surface area contributed by atoms with Gasteiger partial charge in [0.1, 0.15) is 10.5 Å². The number of thiazole rings is 1. The molecule has 4 rings (SSSR count). The average molecular weight is 547 g/mol. The van der Waals surface area contributed by atoms with Gasteiger partial charge in [0.25, 0.3) is 5.56 Å². The number of methoxy groups -OCH3 is 1. The van der Waals surface area contributed by atoms with E-state index < -0.39 is 23.4 Å². The van der Waals surface area contributed by atoms with Crippen molar-refractivity contribution in [3.8, 4) is 0 Å². The third kappa shape index (κ3) is 5.34. The molecule has 0 aliphatic carbocycles. The lowest BCUT2D eigenvalue weighted by Crippen LogP contribution is -2.41. The van der Waals surface area contributed by atoms with Crippen LogP contribution in [0.5, 0.6) is 0 Å². The Labute approximate surface area is 231 Å². The van der Waals surface area contributed by atoms with Crippen LogP contribution >= 0.6 is 11.3 Å². The molecule has 0 fully saturated rings. The number of hydrogen-bond donors (Lipinski definition) is 1. The largest absolute Gasteiger partial charge is 0.466 e. The molecule has 3 aromatic rings. The quantitative estimate of drug-likeness (QED) is 0.453. The Kier molecular flexibility index (Phi) is 8.25. The summed E-state index contributed by atoms with van der Waals surface area (Å²) in [6.45, 7) is 10.2. The molecule has 7 nitrogen and oxygen atoms in total. The van der Waals surface area contributed by atoms with Gasteiger partial charge in [0, 0.05) is 0 Å². The van der Waals surface area contributed by atoms with Gasteiger partial charge in [-0.15, -0.1) is 11.3 Å². The summed E-state index contributed by atoms with van der Waals surface area (Å²) < 4.78 is 12.5. The summed E-state index contributed by atoms with van der Waals surface area (Å²) in [5.74, 6) is -1.57. The van der Waals surface area contributed by atoms with Gasteiger partial charge in [0.15, 0.2) is 0 Å². The summed E-state index contributed by atoms with van der Waals surface area (Å²) in [4.78, 5) is 40.3. The Morgan fingerprint density at radius 1 is 0.949 bits per heavy atom. The normalized spacial score (nSPS) is 15.6. The van der Waals surface area contributed by atoms with Crippen LogP contribution in [0, 0.1) is 0 Å². The van der Waals surface area contributed by atoms with E-state index in [1.807, 2.05) is 48.5 Å². The number of fused-ring (bicyclic) bond motifs is 1. The maximum Gasteiger partial charge on any atom is 0.338 e. The first-order valence-electron chi connectivity index (χ1n) is 13.0. The van der Waals surface area contributed by atoms with Crippen molar-refractivity contribution in [1.29, 1.82) is 0 Å². The molecule has 2 N–H and O–H groups in total. The fraction of sp³-hybridized carbons (Fsp3) is 0.323. The molecule has 2 heterocycles. The van der Waals surface area contributed by atoms with E-state index in [9.17, 15) is 14.4 Å². The second-order valence-electron chi connectivity index (χ2n) is 10.1. The summed E-state index contributed by atoms with van der Waals surface area (Å²) in [6.07, 6.45) is 1.77. The Hall–Kier alpha value is -3.91. The van der Waals surface area contributed by atoms with E-state index in [1.54, 1.807) is 13.0 Å². The number of nitrogens with zero attached hydrogens (tertiary/aromatic N) is 1. The minimum absolute atomic E-state index is 0.0260. The van der Waals surface area contributed by atoms with E-state index in [1.165, 1.54) is 17.2 Å². The van der Waals surface area contributed by atoms with Crippen LogP contribution in [0.15, 0.2) is 58.9 Å². The fourth-order valence-corrected chi connectivity index (χ4v) is 5.86. The van der Waals surface area contributed by atoms with E-state index in [0.29, 0.717) is 26.6 Å². The molecule has 0 saturated heterocycles. The van der Waals surface area contributed by atoms with Crippen molar-refractivity contribution >= 4 is 40.7 Å². The van der Waals surface area contributed by atoms with E-state index in [0.717, 1.165) is 22.5 Å². The highest BCUT2D eigenvalue weighted by Gasteiger charge is 2.39. The predicted molar refractivity (Wildman–Crippen MR) is 155 cm³/mol. The summed E-state index contributed by atoms with van der Waals surface area (Å²) in [5.41, 5.74) is 10.1. The van der Waals surface area contributed by atoms with E-state index in [4.69, 9.17) is 15.2 Å². The molecule has 2 aromatic carbocycles. The number of aromatic nitrogens is 1. The monoisotopic (exact) mass is 546 g/mol. The molecule has 0 bridgehead atoms. The lowest BCUT2D eigenvalue weighted by Gasteiger charge is -2.27. The summed E-state index contributed by atoms with van der Waals surface area (Å²) in [6, 6.07) is 15.6. The number of carbonyl (C=O) groups excluding carboxylic acids is 2. The van der Waals surface area contributed by atoms with Gasteiger partial charge >= 0.3 is 11.9 Å². The summed E-state index contributed by atoms with van der Waals surface area (Å²) >= 11 is 1.15. The zero-order valence-electron chi connectivity index (χ0n) is 23.1. The summed E-state index contributed by atoms with van der Waals surface area (Å²) in [5, 5.41) is 0. The van der Waals surface area contributed by atoms with Gasteiger partial charge in [-0.3, -0.25) is 9.36 Å². The molecule has 0 amide bonds. The molecular formula is C31H34N2O5S. The van der Waals surface area contributed by atoms with E-state index in [2.05, 4.69) is 27.7 Å². The van der Waals surface area contributed by atoms with Crippen molar-refractivity contribution in [2.45, 2.75) is 52.4 Å². The van der Waals surface area contributed by atoms with Crippen molar-refractivity contribution in [2.75, 3.05) is 13.7 Å². The lowest BCUT2D eigenvalue weighted by atomic mass is 9.82. The van der Waals surface area contributed by atoms with Gasteiger partial charge in [-0.1, -0.05) is 76.2 Å². The zero-order valence-corrected chi connectivity index (χ0v) is 23.9. The molecule has 1 aromatic heterocycles. The van der Waals surface area contributed by atoms with Crippen molar-refractivity contribution in [3.63, 3.8) is 0 Å². The first kappa shape index (κ1) is 28.1.